The number of nitrogens with one attached hydrogen (secondary N) is 1. The number of hydrogen-bond acceptors (Lipinski definition) is 3. The molecule has 3 rings (SSSR count). The summed E-state index contributed by atoms with van der Waals surface area (Å²) in [5, 5.41) is 13.0. The van der Waals surface area contributed by atoms with E-state index in [4.69, 9.17) is 11.6 Å². The Kier molecular flexibility index (Phi) is 5.19. The molecule has 0 fully saturated rings. The van der Waals surface area contributed by atoms with Gasteiger partial charge in [0.15, 0.2) is 11.6 Å². The Morgan fingerprint density at radius 1 is 1.19 bits per heavy atom. The van der Waals surface area contributed by atoms with E-state index in [1.807, 2.05) is 0 Å². The highest BCUT2D eigenvalue weighted by Gasteiger charge is 2.24. The highest BCUT2D eigenvalue weighted by molar-refractivity contribution is 6.30. The SMILES string of the molecule is CCNC(=O)Cc1c(C)n(C(=O)c2ccc(Cl)cc2)c2ccc(O)c(F)c12. The van der Waals surface area contributed by atoms with Crippen molar-refractivity contribution in [1.82, 2.24) is 9.88 Å². The molecule has 0 aliphatic rings. The van der Waals surface area contributed by atoms with Gasteiger partial charge in [-0.2, -0.15) is 0 Å². The fraction of sp³-hybridized carbons (Fsp3) is 0.200. The number of carbonyl (C=O) groups is 2. The lowest BCUT2D eigenvalue weighted by Crippen LogP contribution is -2.25. The number of likely N-dealkylation sites (N-methyl/N-ethyl adjacent to an activating group) is 1. The first-order chi connectivity index (χ1) is 12.8. The maximum absolute atomic E-state index is 14.7. The van der Waals surface area contributed by atoms with Gasteiger partial charge in [-0.3, -0.25) is 14.2 Å². The average Bonchev–Trinajstić information content (AvgIpc) is 2.91. The quantitative estimate of drug-likeness (QED) is 0.713. The molecule has 0 radical (unpaired) electrons. The highest BCUT2D eigenvalue weighted by Crippen LogP contribution is 2.33. The maximum Gasteiger partial charge on any atom is 0.262 e. The monoisotopic (exact) mass is 388 g/mol. The molecule has 27 heavy (non-hydrogen) atoms. The number of phenolic OH excluding ortho intramolecular Hbond substituents is 1. The molecule has 0 atom stereocenters. The van der Waals surface area contributed by atoms with Crippen molar-refractivity contribution < 1.29 is 19.1 Å². The lowest BCUT2D eigenvalue weighted by molar-refractivity contribution is -0.120. The lowest BCUT2D eigenvalue weighted by Gasteiger charge is -2.08. The Hall–Kier alpha value is -2.86. The number of fused-ring (bicyclic) bond motifs is 1. The molecule has 7 heteroatoms. The third kappa shape index (κ3) is 3.40. The predicted octanol–water partition coefficient (Wildman–Crippen LogP) is 3.81. The molecule has 1 amide bonds. The van der Waals surface area contributed by atoms with Gasteiger partial charge >= 0.3 is 0 Å². The molecule has 140 valence electrons. The Bertz CT molecular complexity index is 1040. The number of halogens is 2. The minimum Gasteiger partial charge on any atom is -0.505 e. The van der Waals surface area contributed by atoms with Crippen LogP contribution in [0.1, 0.15) is 28.5 Å². The zero-order valence-electron chi connectivity index (χ0n) is 14.8. The average molecular weight is 389 g/mol. The van der Waals surface area contributed by atoms with Crippen LogP contribution in [-0.4, -0.2) is 28.0 Å². The summed E-state index contributed by atoms with van der Waals surface area (Å²) in [5.74, 6) is -2.05. The van der Waals surface area contributed by atoms with Gasteiger partial charge in [0.2, 0.25) is 5.91 Å². The van der Waals surface area contributed by atoms with Crippen molar-refractivity contribution in [2.45, 2.75) is 20.3 Å². The molecular formula is C20H18ClFN2O3. The fourth-order valence-corrected chi connectivity index (χ4v) is 3.27. The van der Waals surface area contributed by atoms with Gasteiger partial charge in [0.25, 0.3) is 5.91 Å². The van der Waals surface area contributed by atoms with Gasteiger partial charge in [-0.05, 0) is 55.8 Å². The Morgan fingerprint density at radius 3 is 2.48 bits per heavy atom. The van der Waals surface area contributed by atoms with Crippen LogP contribution in [0.3, 0.4) is 0 Å². The van der Waals surface area contributed by atoms with Crippen molar-refractivity contribution >= 4 is 34.3 Å². The molecule has 3 aromatic rings. The Balaban J connectivity index is 2.22. The fourth-order valence-electron chi connectivity index (χ4n) is 3.14. The van der Waals surface area contributed by atoms with Gasteiger partial charge in [0.05, 0.1) is 11.9 Å². The molecule has 5 nitrogen and oxygen atoms in total. The van der Waals surface area contributed by atoms with Crippen LogP contribution in [0, 0.1) is 12.7 Å². The van der Waals surface area contributed by atoms with Crippen LogP contribution in [0.5, 0.6) is 5.75 Å². The maximum atomic E-state index is 14.7. The van der Waals surface area contributed by atoms with Crippen molar-refractivity contribution in [3.8, 4) is 5.75 Å². The second-order valence-corrected chi connectivity index (χ2v) is 6.57. The van der Waals surface area contributed by atoms with E-state index >= 15 is 0 Å². The minimum atomic E-state index is -0.849. The Labute approximate surface area is 160 Å². The van der Waals surface area contributed by atoms with E-state index in [9.17, 15) is 19.1 Å². The zero-order valence-corrected chi connectivity index (χ0v) is 15.6. The number of nitrogens with zero attached hydrogens (tertiary/aromatic N) is 1. The van der Waals surface area contributed by atoms with Crippen LogP contribution in [-0.2, 0) is 11.2 Å². The summed E-state index contributed by atoms with van der Waals surface area (Å²) in [7, 11) is 0. The third-order valence-electron chi connectivity index (χ3n) is 4.42. The van der Waals surface area contributed by atoms with Gasteiger partial charge in [0.1, 0.15) is 0 Å². The molecule has 0 bridgehead atoms. The molecule has 0 saturated heterocycles. The first-order valence-electron chi connectivity index (χ1n) is 8.43. The summed E-state index contributed by atoms with van der Waals surface area (Å²) in [6.45, 7) is 3.87. The van der Waals surface area contributed by atoms with Crippen LogP contribution < -0.4 is 5.32 Å². The number of phenols is 1. The van der Waals surface area contributed by atoms with Gasteiger partial charge in [-0.1, -0.05) is 11.6 Å². The molecule has 0 saturated carbocycles. The number of aromatic nitrogens is 1. The first-order valence-corrected chi connectivity index (χ1v) is 8.81. The van der Waals surface area contributed by atoms with E-state index in [2.05, 4.69) is 5.32 Å². The number of hydrogen-bond donors (Lipinski definition) is 2. The summed E-state index contributed by atoms with van der Waals surface area (Å²) >= 11 is 5.88. The molecule has 0 aliphatic carbocycles. The van der Waals surface area contributed by atoms with Crippen molar-refractivity contribution in [1.29, 1.82) is 0 Å². The van der Waals surface area contributed by atoms with Crippen molar-refractivity contribution in [2.24, 2.45) is 0 Å². The van der Waals surface area contributed by atoms with E-state index in [-0.39, 0.29) is 23.6 Å². The van der Waals surface area contributed by atoms with Gasteiger partial charge in [-0.25, -0.2) is 4.39 Å². The molecule has 1 aromatic heterocycles. The highest BCUT2D eigenvalue weighted by atomic mass is 35.5. The lowest BCUT2D eigenvalue weighted by atomic mass is 10.1. The van der Waals surface area contributed by atoms with Crippen molar-refractivity contribution in [3.63, 3.8) is 0 Å². The van der Waals surface area contributed by atoms with Gasteiger partial charge < -0.3 is 10.4 Å². The third-order valence-corrected chi connectivity index (χ3v) is 4.67. The van der Waals surface area contributed by atoms with Crippen LogP contribution in [0.15, 0.2) is 36.4 Å². The van der Waals surface area contributed by atoms with Crippen molar-refractivity contribution in [3.05, 3.63) is 64.1 Å². The first kappa shape index (κ1) is 18.9. The smallest absolute Gasteiger partial charge is 0.262 e. The van der Waals surface area contributed by atoms with Gasteiger partial charge in [-0.15, -0.1) is 0 Å². The summed E-state index contributed by atoms with van der Waals surface area (Å²) in [6, 6.07) is 9.01. The molecule has 2 N–H and O–H groups in total. The van der Waals surface area contributed by atoms with Crippen molar-refractivity contribution in [2.75, 3.05) is 6.54 Å². The number of carbonyl (C=O) groups excluding carboxylic acids is 2. The molecule has 1 heterocycles. The standard InChI is InChI=1S/C20H18ClFN2O3/c1-3-23-17(26)10-14-11(2)24(15-8-9-16(25)19(22)18(14)15)20(27)12-4-6-13(21)7-5-12/h4-9,25H,3,10H2,1-2H3,(H,23,26). The second-order valence-electron chi connectivity index (χ2n) is 6.13. The van der Waals surface area contributed by atoms with E-state index in [0.29, 0.717) is 33.9 Å². The Morgan fingerprint density at radius 2 is 1.85 bits per heavy atom. The van der Waals surface area contributed by atoms with E-state index in [1.54, 1.807) is 38.1 Å². The number of benzene rings is 2. The summed E-state index contributed by atoms with van der Waals surface area (Å²) in [6.07, 6.45) is -0.0998. The molecule has 0 unspecified atom stereocenters. The summed E-state index contributed by atoms with van der Waals surface area (Å²) in [4.78, 5) is 25.1. The molecule has 0 spiro atoms. The summed E-state index contributed by atoms with van der Waals surface area (Å²) < 4.78 is 16.0. The zero-order chi connectivity index (χ0) is 19.7. The molecule has 2 aromatic carbocycles. The number of rotatable bonds is 4. The summed E-state index contributed by atoms with van der Waals surface area (Å²) in [5.41, 5.74) is 1.48. The van der Waals surface area contributed by atoms with Crippen LogP contribution in [0.4, 0.5) is 4.39 Å². The van der Waals surface area contributed by atoms with E-state index in [0.717, 1.165) is 0 Å². The second kappa shape index (κ2) is 7.40. The topological polar surface area (TPSA) is 71.3 Å². The van der Waals surface area contributed by atoms with Gasteiger partial charge in [0, 0.05) is 28.2 Å². The normalized spacial score (nSPS) is 11.0. The van der Waals surface area contributed by atoms with Crippen LogP contribution in [0.2, 0.25) is 5.02 Å². The predicted molar refractivity (Wildman–Crippen MR) is 102 cm³/mol. The van der Waals surface area contributed by atoms with Crippen LogP contribution in [0.25, 0.3) is 10.9 Å². The van der Waals surface area contributed by atoms with E-state index < -0.39 is 11.6 Å². The van der Waals surface area contributed by atoms with E-state index in [1.165, 1.54) is 16.7 Å². The van der Waals surface area contributed by atoms with Crippen LogP contribution >= 0.6 is 11.6 Å². The molecule has 0 aliphatic heterocycles. The minimum absolute atomic E-state index is 0.0704. The number of amides is 1. The largest absolute Gasteiger partial charge is 0.505 e. The molecular weight excluding hydrogens is 371 g/mol. The number of aromatic hydroxyl groups is 1.